The van der Waals surface area contributed by atoms with Crippen LogP contribution in [0.3, 0.4) is 0 Å². The van der Waals surface area contributed by atoms with Gasteiger partial charge in [-0.3, -0.25) is 0 Å². The van der Waals surface area contributed by atoms with Crippen molar-refractivity contribution in [2.75, 3.05) is 0 Å². The third-order valence-corrected chi connectivity index (χ3v) is 1.23. The molecule has 0 heterocycles. The summed E-state index contributed by atoms with van der Waals surface area (Å²) in [6, 6.07) is -0.156. The number of rotatable bonds is 3. The Labute approximate surface area is 60.5 Å². The zero-order valence-electron chi connectivity index (χ0n) is 6.24. The summed E-state index contributed by atoms with van der Waals surface area (Å²) in [5.74, 6) is -0.660. The Hall–Kier alpha value is -0.830. The molecule has 0 radical (unpaired) electrons. The number of aliphatic carboxylic acids is 1. The van der Waals surface area contributed by atoms with Gasteiger partial charge in [0.05, 0.1) is 0 Å². The lowest BCUT2D eigenvalue weighted by Gasteiger charge is -2.08. The highest BCUT2D eigenvalue weighted by molar-refractivity contribution is 5.79. The van der Waals surface area contributed by atoms with Crippen LogP contribution in [0.2, 0.25) is 0 Å². The molecule has 1 atom stereocenters. The van der Waals surface area contributed by atoms with Gasteiger partial charge in [-0.2, -0.15) is 0 Å². The molecule has 0 saturated heterocycles. The number of hydrogen-bond acceptors (Lipinski definition) is 2. The number of carbonyl (C=O) groups is 1. The van der Waals surface area contributed by atoms with Crippen LogP contribution in [0, 0.1) is 5.92 Å². The topological polar surface area (TPSA) is 63.3 Å². The van der Waals surface area contributed by atoms with Gasteiger partial charge in [0.15, 0.2) is 0 Å². The van der Waals surface area contributed by atoms with E-state index >= 15 is 0 Å². The van der Waals surface area contributed by atoms with Gasteiger partial charge in [0.2, 0.25) is 0 Å². The monoisotopic (exact) mass is 143 g/mol. The Morgan fingerprint density at radius 2 is 2.10 bits per heavy atom. The molecule has 0 aromatic heterocycles. The molecular formula is C7H13NO2. The maximum Gasteiger partial charge on any atom is 0.328 e. The summed E-state index contributed by atoms with van der Waals surface area (Å²) >= 11 is 0. The quantitative estimate of drug-likeness (QED) is 0.569. The highest BCUT2D eigenvalue weighted by atomic mass is 16.4. The fourth-order valence-electron chi connectivity index (χ4n) is 0.416. The second kappa shape index (κ2) is 4.06. The Bertz CT molecular complexity index is 141. The predicted octanol–water partition coefficient (Wildman–Crippen LogP) is 0.611. The van der Waals surface area contributed by atoms with Crippen LogP contribution >= 0.6 is 0 Å². The van der Waals surface area contributed by atoms with Crippen LogP contribution in [-0.2, 0) is 4.79 Å². The number of nitrogens with two attached hydrogens (primary N) is 1. The van der Waals surface area contributed by atoms with Gasteiger partial charge in [0.1, 0.15) is 0 Å². The van der Waals surface area contributed by atoms with Crippen molar-refractivity contribution >= 4 is 5.97 Å². The lowest BCUT2D eigenvalue weighted by molar-refractivity contribution is -0.131. The summed E-state index contributed by atoms with van der Waals surface area (Å²) in [7, 11) is 0. The first-order valence-corrected chi connectivity index (χ1v) is 3.20. The van der Waals surface area contributed by atoms with Crippen LogP contribution in [0.15, 0.2) is 12.2 Å². The van der Waals surface area contributed by atoms with Gasteiger partial charge in [-0.25, -0.2) is 4.79 Å². The van der Waals surface area contributed by atoms with Crippen molar-refractivity contribution in [3.63, 3.8) is 0 Å². The molecule has 0 amide bonds. The minimum absolute atomic E-state index is 0.156. The first-order valence-electron chi connectivity index (χ1n) is 3.20. The van der Waals surface area contributed by atoms with Crippen LogP contribution < -0.4 is 5.73 Å². The molecule has 3 N–H and O–H groups in total. The molecule has 3 heteroatoms. The molecule has 0 aliphatic carbocycles. The minimum atomic E-state index is -0.948. The van der Waals surface area contributed by atoms with Crippen LogP contribution in [-0.4, -0.2) is 17.1 Å². The smallest absolute Gasteiger partial charge is 0.328 e. The fourth-order valence-corrected chi connectivity index (χ4v) is 0.416. The minimum Gasteiger partial charge on any atom is -0.478 e. The number of carboxylic acid groups (broad SMARTS) is 1. The number of carboxylic acids is 1. The summed E-state index contributed by atoms with van der Waals surface area (Å²) in [5, 5.41) is 8.20. The van der Waals surface area contributed by atoms with Crippen LogP contribution in [0.1, 0.15) is 13.8 Å². The fraction of sp³-hybridized carbons (Fsp3) is 0.571. The third kappa shape index (κ3) is 4.09. The van der Waals surface area contributed by atoms with Crippen molar-refractivity contribution in [1.82, 2.24) is 0 Å². The van der Waals surface area contributed by atoms with Gasteiger partial charge in [-0.05, 0) is 5.92 Å². The lowest BCUT2D eigenvalue weighted by Crippen LogP contribution is -2.23. The zero-order chi connectivity index (χ0) is 8.15. The summed E-state index contributed by atoms with van der Waals surface area (Å²) in [6.07, 6.45) is 2.57. The van der Waals surface area contributed by atoms with Crippen molar-refractivity contribution < 1.29 is 9.90 Å². The van der Waals surface area contributed by atoms with E-state index in [0.29, 0.717) is 0 Å². The van der Waals surface area contributed by atoms with E-state index < -0.39 is 5.97 Å². The Morgan fingerprint density at radius 3 is 2.40 bits per heavy atom. The van der Waals surface area contributed by atoms with Gasteiger partial charge in [-0.1, -0.05) is 19.9 Å². The summed E-state index contributed by atoms with van der Waals surface area (Å²) in [4.78, 5) is 9.98. The molecule has 0 fully saturated rings. The normalized spacial score (nSPS) is 14.4. The Kier molecular flexibility index (Phi) is 3.72. The van der Waals surface area contributed by atoms with Gasteiger partial charge in [0, 0.05) is 12.1 Å². The molecule has 58 valence electrons. The Balaban J connectivity index is 3.77. The van der Waals surface area contributed by atoms with E-state index in [9.17, 15) is 4.79 Å². The van der Waals surface area contributed by atoms with Gasteiger partial charge >= 0.3 is 5.97 Å². The Morgan fingerprint density at radius 1 is 1.60 bits per heavy atom. The van der Waals surface area contributed by atoms with Crippen molar-refractivity contribution in [3.8, 4) is 0 Å². The summed E-state index contributed by atoms with van der Waals surface area (Å²) < 4.78 is 0. The maximum absolute atomic E-state index is 9.98. The maximum atomic E-state index is 9.98. The van der Waals surface area contributed by atoms with Crippen molar-refractivity contribution in [2.45, 2.75) is 19.9 Å². The molecule has 1 unspecified atom stereocenters. The second-order valence-corrected chi connectivity index (χ2v) is 2.52. The van der Waals surface area contributed by atoms with Gasteiger partial charge < -0.3 is 10.8 Å². The van der Waals surface area contributed by atoms with Gasteiger partial charge in [0.25, 0.3) is 0 Å². The first kappa shape index (κ1) is 9.17. The molecule has 0 aliphatic rings. The molecule has 0 saturated carbocycles. The summed E-state index contributed by atoms with van der Waals surface area (Å²) in [6.45, 7) is 3.88. The predicted molar refractivity (Wildman–Crippen MR) is 39.6 cm³/mol. The van der Waals surface area contributed by atoms with E-state index in [-0.39, 0.29) is 12.0 Å². The average Bonchev–Trinajstić information content (AvgIpc) is 1.82. The average molecular weight is 143 g/mol. The molecule has 3 nitrogen and oxygen atoms in total. The van der Waals surface area contributed by atoms with Crippen molar-refractivity contribution in [2.24, 2.45) is 11.7 Å². The molecule has 10 heavy (non-hydrogen) atoms. The van der Waals surface area contributed by atoms with Crippen LogP contribution in [0.4, 0.5) is 0 Å². The van der Waals surface area contributed by atoms with E-state index in [1.165, 1.54) is 6.08 Å². The molecule has 0 bridgehead atoms. The lowest BCUT2D eigenvalue weighted by atomic mass is 10.1. The summed E-state index contributed by atoms with van der Waals surface area (Å²) in [5.41, 5.74) is 5.51. The molecular weight excluding hydrogens is 130 g/mol. The van der Waals surface area contributed by atoms with Gasteiger partial charge in [-0.15, -0.1) is 0 Å². The highest BCUT2D eigenvalue weighted by Crippen LogP contribution is 1.98. The van der Waals surface area contributed by atoms with Crippen molar-refractivity contribution in [1.29, 1.82) is 0 Å². The molecule has 0 spiro atoms. The van der Waals surface area contributed by atoms with Crippen molar-refractivity contribution in [3.05, 3.63) is 12.2 Å². The first-order chi connectivity index (χ1) is 4.54. The zero-order valence-corrected chi connectivity index (χ0v) is 6.24. The third-order valence-electron chi connectivity index (χ3n) is 1.23. The van der Waals surface area contributed by atoms with Crippen LogP contribution in [0.5, 0.6) is 0 Å². The van der Waals surface area contributed by atoms with E-state index in [2.05, 4.69) is 0 Å². The molecule has 0 aromatic carbocycles. The van der Waals surface area contributed by atoms with E-state index in [4.69, 9.17) is 10.8 Å². The molecule has 0 aromatic rings. The second-order valence-electron chi connectivity index (χ2n) is 2.52. The molecule has 0 rings (SSSR count). The van der Waals surface area contributed by atoms with E-state index in [0.717, 1.165) is 6.08 Å². The number of hydrogen-bond donors (Lipinski definition) is 2. The SMILES string of the molecule is CC(C)C(N)C=CC(=O)O. The van der Waals surface area contributed by atoms with E-state index in [1.807, 2.05) is 13.8 Å². The standard InChI is InChI=1S/C7H13NO2/c1-5(2)6(8)3-4-7(9)10/h3-6H,8H2,1-2H3,(H,9,10). The van der Waals surface area contributed by atoms with Crippen LogP contribution in [0.25, 0.3) is 0 Å². The molecule has 0 aliphatic heterocycles. The largest absolute Gasteiger partial charge is 0.478 e. The highest BCUT2D eigenvalue weighted by Gasteiger charge is 2.02. The van der Waals surface area contributed by atoms with E-state index in [1.54, 1.807) is 0 Å².